The molecule has 0 fully saturated rings. The van der Waals surface area contributed by atoms with E-state index in [2.05, 4.69) is 460 Å². The number of pyridine rings is 5. The van der Waals surface area contributed by atoms with Crippen LogP contribution in [0, 0.1) is 0 Å². The summed E-state index contributed by atoms with van der Waals surface area (Å²) in [7, 11) is 0. The summed E-state index contributed by atoms with van der Waals surface area (Å²) in [5, 5.41) is 15.9. The quantitative estimate of drug-likeness (QED) is 0.129. The van der Waals surface area contributed by atoms with E-state index in [4.69, 9.17) is 4.98 Å². The van der Waals surface area contributed by atoms with E-state index in [0.717, 1.165) is 61.5 Å². The average Bonchev–Trinajstić information content (AvgIpc) is 1.60. The van der Waals surface area contributed by atoms with Crippen LogP contribution in [0.4, 0.5) is 0 Å². The van der Waals surface area contributed by atoms with Gasteiger partial charge in [-0.3, -0.25) is 24.9 Å². The van der Waals surface area contributed by atoms with E-state index < -0.39 is 0 Å². The number of nitrogens with zero attached hydrogens (tertiary/aromatic N) is 11. The van der Waals surface area contributed by atoms with Gasteiger partial charge in [0.15, 0.2) is 0 Å². The Balaban J connectivity index is 0.000000105. The van der Waals surface area contributed by atoms with Gasteiger partial charge in [-0.05, 0) is 238 Å². The Morgan fingerprint density at radius 2 is 0.400 bits per heavy atom. The summed E-state index contributed by atoms with van der Waals surface area (Å²) < 4.78 is 13.9. The maximum atomic E-state index is 4.84. The Morgan fingerprint density at radius 3 is 0.785 bits per heavy atom. The highest BCUT2D eigenvalue weighted by molar-refractivity contribution is 6.22. The van der Waals surface area contributed by atoms with E-state index in [1.165, 1.54) is 170 Å². The molecule has 130 heavy (non-hydrogen) atoms. The normalized spacial score (nSPS) is 11.7. The Kier molecular flexibility index (Phi) is 18.0. The summed E-state index contributed by atoms with van der Waals surface area (Å²) in [5.74, 6) is 0. The molecule has 11 nitrogen and oxygen atoms in total. The van der Waals surface area contributed by atoms with Gasteiger partial charge in [-0.1, -0.05) is 231 Å². The second-order valence-electron chi connectivity index (χ2n) is 33.2. The largest absolute Gasteiger partial charge is 0.309 e. The fourth-order valence-corrected chi connectivity index (χ4v) is 20.0. The number of aromatic nitrogens is 11. The van der Waals surface area contributed by atoms with E-state index >= 15 is 0 Å². The molecule has 16 aromatic carbocycles. The third kappa shape index (κ3) is 12.6. The lowest BCUT2D eigenvalue weighted by Gasteiger charge is -2.10. The molecule has 608 valence electrons. The molecule has 27 aromatic rings. The summed E-state index contributed by atoms with van der Waals surface area (Å²) in [6, 6.07) is 148. The van der Waals surface area contributed by atoms with E-state index in [9.17, 15) is 0 Å². The minimum atomic E-state index is 1.01. The minimum Gasteiger partial charge on any atom is -0.309 e. The first-order valence-corrected chi connectivity index (χ1v) is 43.9. The molecule has 0 N–H and O–H groups in total. The average molecular weight is 1660 g/mol. The zero-order valence-corrected chi connectivity index (χ0v) is 70.4. The highest BCUT2D eigenvalue weighted by Gasteiger charge is 2.23. The lowest BCUT2D eigenvalue weighted by Crippen LogP contribution is -1.94. The predicted octanol–water partition coefficient (Wildman–Crippen LogP) is 30.1. The molecule has 0 radical (unpaired) electrons. The van der Waals surface area contributed by atoms with Crippen LogP contribution in [0.3, 0.4) is 0 Å². The number of benzene rings is 16. The van der Waals surface area contributed by atoms with Gasteiger partial charge < -0.3 is 27.4 Å². The topological polar surface area (TPSA) is 94.0 Å². The molecule has 0 aliphatic carbocycles. The van der Waals surface area contributed by atoms with E-state index in [-0.39, 0.29) is 0 Å². The first kappa shape index (κ1) is 74.9. The molecule has 0 spiro atoms. The van der Waals surface area contributed by atoms with Crippen molar-refractivity contribution < 1.29 is 0 Å². The summed E-state index contributed by atoms with van der Waals surface area (Å²) >= 11 is 0. The molecule has 11 heteroatoms. The zero-order valence-electron chi connectivity index (χ0n) is 70.4. The third-order valence-electron chi connectivity index (χ3n) is 26.0. The van der Waals surface area contributed by atoms with E-state index in [1.807, 2.05) is 55.8 Å². The van der Waals surface area contributed by atoms with Crippen molar-refractivity contribution in [3.05, 3.63) is 468 Å². The zero-order chi connectivity index (χ0) is 85.7. The van der Waals surface area contributed by atoms with Gasteiger partial charge in [-0.15, -0.1) is 0 Å². The molecule has 27 rings (SSSR count). The fraction of sp³-hybridized carbons (Fsp3) is 0. The molecule has 0 aliphatic rings. The van der Waals surface area contributed by atoms with Crippen LogP contribution < -0.4 is 0 Å². The maximum Gasteiger partial charge on any atom is 0.0730 e. The van der Waals surface area contributed by atoms with Crippen molar-refractivity contribution in [2.75, 3.05) is 0 Å². The predicted molar refractivity (Wildman–Crippen MR) is 539 cm³/mol. The van der Waals surface area contributed by atoms with Gasteiger partial charge in [0.05, 0.1) is 103 Å². The van der Waals surface area contributed by atoms with Gasteiger partial charge >= 0.3 is 0 Å². The molecule has 0 saturated heterocycles. The molecule has 0 atom stereocenters. The standard InChI is InChI=1S/2C40H26N4.C39H25N3/c1-3-10-31(11-4-1)43-37-16-14-29(23-35(37)33-18-20-41-25-39(33)43)27-8-7-9-28(22-27)30-15-17-38-36(24-30)34-19-21-42-26-40(34)44(38)32-12-5-2-6-13-32;1-3-7-31(8-4-1)43-37-17-15-29(23-35(37)33-19-21-41-25-39(33)43)27-11-13-28(14-12-27)30-16-18-38-36(24-30)34-20-22-42-26-40(34)44(38)32-9-5-2-6-10-32;1-3-11-28(12-4-1)41-35-18-10-8-15-30(35)31-21-19-27(24-37(31)41)26-20-22-36-33(23-26)39-32-16-7-9-17-34(32)40-25-38(39)42(36)29-13-5-2-6-14-29/h2*1-26H;1-25H. The monoisotopic (exact) mass is 1660 g/mol. The van der Waals surface area contributed by atoms with Crippen molar-refractivity contribution in [2.24, 2.45) is 0 Å². The number of rotatable bonds is 11. The van der Waals surface area contributed by atoms with E-state index in [0.29, 0.717) is 0 Å². The number of hydrogen-bond donors (Lipinski definition) is 0. The fourth-order valence-electron chi connectivity index (χ4n) is 20.0. The molecule has 0 unspecified atom stereocenters. The Morgan fingerprint density at radius 1 is 0.138 bits per heavy atom. The minimum absolute atomic E-state index is 1.01. The van der Waals surface area contributed by atoms with Crippen LogP contribution >= 0.6 is 0 Å². The smallest absolute Gasteiger partial charge is 0.0730 e. The third-order valence-corrected chi connectivity index (χ3v) is 26.0. The molecule has 0 saturated carbocycles. The first-order valence-electron chi connectivity index (χ1n) is 43.9. The maximum absolute atomic E-state index is 4.84. The SMILES string of the molecule is c1ccc(-n2c3ccc(-c4ccc(-c5ccc6c(c5)c5ccncc5n6-c5ccccc5)cc4)cc3c3ccncc32)cc1.c1ccc(-n2c3ccc(-c4cccc(-c5ccc6c(c5)c5ccncc5n6-c5ccccc5)c4)cc3c3ccncc32)cc1.c1ccc(-n2c3ccccc3c3ccc(-c4ccc5c(c4)c4c6ccccc6ncc4n5-c4ccccc4)cc32)cc1. The lowest BCUT2D eigenvalue weighted by atomic mass is 9.97. The Labute approximate surface area is 747 Å². The molecule has 0 amide bonds. The highest BCUT2D eigenvalue weighted by atomic mass is 15.0. The molecule has 11 aromatic heterocycles. The van der Waals surface area contributed by atoms with Crippen LogP contribution in [0.15, 0.2) is 468 Å². The first-order chi connectivity index (χ1) is 64.5. The van der Waals surface area contributed by atoms with Gasteiger partial charge in [-0.2, -0.15) is 0 Å². The summed E-state index contributed by atoms with van der Waals surface area (Å²) in [6.45, 7) is 0. The number of fused-ring (bicyclic) bond motifs is 20. The van der Waals surface area contributed by atoms with Crippen molar-refractivity contribution in [1.29, 1.82) is 0 Å². The van der Waals surface area contributed by atoms with Crippen LogP contribution in [-0.2, 0) is 0 Å². The molecular formula is C119H77N11. The van der Waals surface area contributed by atoms with E-state index in [1.54, 1.807) is 0 Å². The number of para-hydroxylation sites is 8. The van der Waals surface area contributed by atoms with Gasteiger partial charge in [-0.25, -0.2) is 0 Å². The van der Waals surface area contributed by atoms with Crippen molar-refractivity contribution >= 4 is 142 Å². The second-order valence-corrected chi connectivity index (χ2v) is 33.2. The van der Waals surface area contributed by atoms with Crippen molar-refractivity contribution in [2.45, 2.75) is 0 Å². The lowest BCUT2D eigenvalue weighted by molar-refractivity contribution is 1.17. The van der Waals surface area contributed by atoms with Crippen molar-refractivity contribution in [1.82, 2.24) is 52.3 Å². The summed E-state index contributed by atoms with van der Waals surface area (Å²) in [6.07, 6.45) is 17.4. The van der Waals surface area contributed by atoms with Crippen molar-refractivity contribution in [3.8, 4) is 89.8 Å². The van der Waals surface area contributed by atoms with Gasteiger partial charge in [0, 0.05) is 129 Å². The van der Waals surface area contributed by atoms with Crippen LogP contribution in [-0.4, -0.2) is 52.3 Å². The van der Waals surface area contributed by atoms with Crippen LogP contribution in [0.5, 0.6) is 0 Å². The molecule has 11 heterocycles. The Hall–Kier alpha value is -17.7. The van der Waals surface area contributed by atoms with Crippen LogP contribution in [0.25, 0.3) is 231 Å². The second kappa shape index (κ2) is 31.2. The highest BCUT2D eigenvalue weighted by Crippen LogP contribution is 2.45. The summed E-state index contributed by atoms with van der Waals surface area (Å²) in [5.41, 5.74) is 33.7. The van der Waals surface area contributed by atoms with Gasteiger partial charge in [0.1, 0.15) is 0 Å². The van der Waals surface area contributed by atoms with Crippen LogP contribution in [0.2, 0.25) is 0 Å². The van der Waals surface area contributed by atoms with Gasteiger partial charge in [0.2, 0.25) is 0 Å². The number of hydrogen-bond acceptors (Lipinski definition) is 5. The Bertz CT molecular complexity index is 8740. The van der Waals surface area contributed by atoms with Gasteiger partial charge in [0.25, 0.3) is 0 Å². The van der Waals surface area contributed by atoms with Crippen LogP contribution in [0.1, 0.15) is 0 Å². The van der Waals surface area contributed by atoms with Crippen molar-refractivity contribution in [3.63, 3.8) is 0 Å². The summed E-state index contributed by atoms with van der Waals surface area (Å²) in [4.78, 5) is 22.6. The molecular weight excluding hydrogens is 1580 g/mol. The molecule has 0 bridgehead atoms. The molecule has 0 aliphatic heterocycles.